The number of hydrogen-bond acceptors (Lipinski definition) is 3. The molecule has 0 saturated carbocycles. The molecular formula is C25H26N2O2S. The number of thioether (sulfide) groups is 1. The van der Waals surface area contributed by atoms with E-state index in [1.54, 1.807) is 11.8 Å². The van der Waals surface area contributed by atoms with Crippen LogP contribution in [0.25, 0.3) is 0 Å². The molecular weight excluding hydrogens is 392 g/mol. The van der Waals surface area contributed by atoms with Crippen LogP contribution in [0.2, 0.25) is 0 Å². The first-order chi connectivity index (χ1) is 14.7. The average Bonchev–Trinajstić information content (AvgIpc) is 2.79. The van der Waals surface area contributed by atoms with Crippen LogP contribution in [0.5, 0.6) is 0 Å². The maximum atomic E-state index is 12.8. The van der Waals surface area contributed by atoms with Gasteiger partial charge in [0.2, 0.25) is 5.91 Å². The quantitative estimate of drug-likeness (QED) is 0.518. The van der Waals surface area contributed by atoms with Crippen LogP contribution < -0.4 is 5.32 Å². The van der Waals surface area contributed by atoms with E-state index in [2.05, 4.69) is 5.32 Å². The van der Waals surface area contributed by atoms with E-state index in [-0.39, 0.29) is 11.8 Å². The van der Waals surface area contributed by atoms with E-state index in [1.807, 2.05) is 96.8 Å². The predicted octanol–water partition coefficient (Wildman–Crippen LogP) is 5.22. The molecule has 0 aliphatic heterocycles. The molecule has 0 aromatic heterocycles. The van der Waals surface area contributed by atoms with Crippen molar-refractivity contribution >= 4 is 29.3 Å². The van der Waals surface area contributed by atoms with Crippen LogP contribution in [0.3, 0.4) is 0 Å². The predicted molar refractivity (Wildman–Crippen MR) is 125 cm³/mol. The Morgan fingerprint density at radius 3 is 2.10 bits per heavy atom. The Balaban J connectivity index is 1.49. The van der Waals surface area contributed by atoms with Crippen LogP contribution >= 0.6 is 11.8 Å². The van der Waals surface area contributed by atoms with Crippen molar-refractivity contribution in [2.24, 2.45) is 0 Å². The van der Waals surface area contributed by atoms with E-state index in [0.717, 1.165) is 22.6 Å². The third-order valence-corrected chi connectivity index (χ3v) is 5.65. The first kappa shape index (κ1) is 21.7. The first-order valence-electron chi connectivity index (χ1n) is 10.0. The first-order valence-corrected chi connectivity index (χ1v) is 11.2. The topological polar surface area (TPSA) is 49.4 Å². The average molecular weight is 419 g/mol. The number of benzene rings is 3. The molecule has 0 saturated heterocycles. The van der Waals surface area contributed by atoms with Gasteiger partial charge in [0.25, 0.3) is 5.91 Å². The third kappa shape index (κ3) is 6.49. The van der Waals surface area contributed by atoms with E-state index in [9.17, 15) is 9.59 Å². The summed E-state index contributed by atoms with van der Waals surface area (Å²) in [4.78, 5) is 26.7. The van der Waals surface area contributed by atoms with Crippen LogP contribution in [-0.4, -0.2) is 29.0 Å². The number of rotatable bonds is 9. The fourth-order valence-corrected chi connectivity index (χ4v) is 3.83. The molecule has 0 aliphatic carbocycles. The van der Waals surface area contributed by atoms with Gasteiger partial charge in [0.1, 0.15) is 0 Å². The maximum Gasteiger partial charge on any atom is 0.254 e. The van der Waals surface area contributed by atoms with Crippen molar-refractivity contribution in [3.63, 3.8) is 0 Å². The molecule has 30 heavy (non-hydrogen) atoms. The van der Waals surface area contributed by atoms with Gasteiger partial charge in [-0.3, -0.25) is 9.59 Å². The van der Waals surface area contributed by atoms with Crippen molar-refractivity contribution in [1.82, 2.24) is 4.90 Å². The summed E-state index contributed by atoms with van der Waals surface area (Å²) in [5.74, 6) is 1.12. The molecule has 1 N–H and O–H groups in total. The fourth-order valence-electron chi connectivity index (χ4n) is 3.04. The zero-order chi connectivity index (χ0) is 21.2. The zero-order valence-corrected chi connectivity index (χ0v) is 17.9. The van der Waals surface area contributed by atoms with E-state index < -0.39 is 0 Å². The molecule has 0 radical (unpaired) electrons. The lowest BCUT2D eigenvalue weighted by Gasteiger charge is -2.21. The van der Waals surface area contributed by atoms with Gasteiger partial charge in [-0.05, 0) is 42.3 Å². The highest BCUT2D eigenvalue weighted by Gasteiger charge is 2.14. The molecule has 0 fully saturated rings. The number of hydrogen-bond donors (Lipinski definition) is 1. The molecule has 0 bridgehead atoms. The Labute approximate surface area is 182 Å². The Bertz CT molecular complexity index is 944. The van der Waals surface area contributed by atoms with Crippen LogP contribution in [-0.2, 0) is 17.1 Å². The fraction of sp³-hybridized carbons (Fsp3) is 0.200. The molecule has 0 spiro atoms. The molecule has 0 heterocycles. The van der Waals surface area contributed by atoms with Gasteiger partial charge in [0, 0.05) is 30.1 Å². The van der Waals surface area contributed by atoms with Gasteiger partial charge in [0.05, 0.1) is 5.75 Å². The summed E-state index contributed by atoms with van der Waals surface area (Å²) in [6.45, 7) is 3.25. The van der Waals surface area contributed by atoms with E-state index in [4.69, 9.17) is 0 Å². The summed E-state index contributed by atoms with van der Waals surface area (Å²) in [6.07, 6.45) is 0. The summed E-state index contributed by atoms with van der Waals surface area (Å²) in [6, 6.07) is 27.1. The number of amides is 2. The Hall–Kier alpha value is -3.05. The molecule has 154 valence electrons. The van der Waals surface area contributed by atoms with Crippen LogP contribution in [0, 0.1) is 0 Å². The second-order valence-electron chi connectivity index (χ2n) is 6.91. The second kappa shape index (κ2) is 11.2. The number of nitrogens with one attached hydrogen (secondary N) is 1. The van der Waals surface area contributed by atoms with Crippen LogP contribution in [0.1, 0.15) is 28.4 Å². The summed E-state index contributed by atoms with van der Waals surface area (Å²) < 4.78 is 0. The van der Waals surface area contributed by atoms with Crippen molar-refractivity contribution in [2.75, 3.05) is 17.6 Å². The van der Waals surface area contributed by atoms with Gasteiger partial charge < -0.3 is 10.2 Å². The number of para-hydroxylation sites is 1. The monoisotopic (exact) mass is 418 g/mol. The van der Waals surface area contributed by atoms with E-state index >= 15 is 0 Å². The van der Waals surface area contributed by atoms with Crippen molar-refractivity contribution in [3.8, 4) is 0 Å². The maximum absolute atomic E-state index is 12.8. The van der Waals surface area contributed by atoms with Crippen LogP contribution in [0.4, 0.5) is 5.69 Å². The molecule has 3 aromatic rings. The van der Waals surface area contributed by atoms with Crippen molar-refractivity contribution in [2.45, 2.75) is 19.2 Å². The molecule has 2 amide bonds. The van der Waals surface area contributed by atoms with Gasteiger partial charge in [0.15, 0.2) is 0 Å². The van der Waals surface area contributed by atoms with Crippen LogP contribution in [0.15, 0.2) is 84.9 Å². The largest absolute Gasteiger partial charge is 0.335 e. The molecule has 0 aliphatic rings. The van der Waals surface area contributed by atoms with Crippen molar-refractivity contribution < 1.29 is 9.59 Å². The summed E-state index contributed by atoms with van der Waals surface area (Å²) in [5.41, 5.74) is 3.70. The lowest BCUT2D eigenvalue weighted by atomic mass is 10.1. The highest BCUT2D eigenvalue weighted by molar-refractivity contribution is 7.99. The minimum atomic E-state index is -0.0162. The number of carbonyl (C=O) groups is 2. The molecule has 4 nitrogen and oxygen atoms in total. The standard InChI is InChI=1S/C25H26N2O2S/c1-2-27(17-20-9-5-3-6-10-20)25(29)22-15-13-21(14-16-22)18-30-19-24(28)26-23-11-7-4-8-12-23/h3-16H,2,17-19H2,1H3,(H,26,28). The third-order valence-electron chi connectivity index (χ3n) is 4.65. The Kier molecular flexibility index (Phi) is 8.10. The van der Waals surface area contributed by atoms with E-state index in [0.29, 0.717) is 24.4 Å². The highest BCUT2D eigenvalue weighted by atomic mass is 32.2. The number of anilines is 1. The number of carbonyl (C=O) groups excluding carboxylic acids is 2. The minimum absolute atomic E-state index is 0.0162. The SMILES string of the molecule is CCN(Cc1ccccc1)C(=O)c1ccc(CSCC(=O)Nc2ccccc2)cc1. The second-order valence-corrected chi connectivity index (χ2v) is 7.89. The van der Waals surface area contributed by atoms with Gasteiger partial charge in [-0.15, -0.1) is 11.8 Å². The van der Waals surface area contributed by atoms with Gasteiger partial charge >= 0.3 is 0 Å². The van der Waals surface area contributed by atoms with Crippen molar-refractivity contribution in [3.05, 3.63) is 102 Å². The molecule has 3 aromatic carbocycles. The van der Waals surface area contributed by atoms with Gasteiger partial charge in [-0.25, -0.2) is 0 Å². The molecule has 0 unspecified atom stereocenters. The zero-order valence-electron chi connectivity index (χ0n) is 17.1. The van der Waals surface area contributed by atoms with Gasteiger partial charge in [-0.2, -0.15) is 0 Å². The smallest absolute Gasteiger partial charge is 0.254 e. The summed E-state index contributed by atoms with van der Waals surface area (Å²) in [5, 5.41) is 2.88. The Morgan fingerprint density at radius 2 is 1.47 bits per heavy atom. The molecule has 5 heteroatoms. The highest BCUT2D eigenvalue weighted by Crippen LogP contribution is 2.16. The molecule has 0 atom stereocenters. The lowest BCUT2D eigenvalue weighted by Crippen LogP contribution is -2.30. The minimum Gasteiger partial charge on any atom is -0.335 e. The number of nitrogens with zero attached hydrogens (tertiary/aromatic N) is 1. The summed E-state index contributed by atoms with van der Waals surface area (Å²) in [7, 11) is 0. The molecule has 3 rings (SSSR count). The Morgan fingerprint density at radius 1 is 0.833 bits per heavy atom. The van der Waals surface area contributed by atoms with Gasteiger partial charge in [-0.1, -0.05) is 60.7 Å². The van der Waals surface area contributed by atoms with E-state index in [1.165, 1.54) is 0 Å². The van der Waals surface area contributed by atoms with Crippen molar-refractivity contribution in [1.29, 1.82) is 0 Å². The summed E-state index contributed by atoms with van der Waals surface area (Å²) >= 11 is 1.55. The normalized spacial score (nSPS) is 10.4. The lowest BCUT2D eigenvalue weighted by molar-refractivity contribution is -0.113.